The molecule has 0 aliphatic rings. The molecule has 0 aliphatic heterocycles. The molecule has 1 amide bonds. The normalized spacial score (nSPS) is 12.1. The van der Waals surface area contributed by atoms with Crippen molar-refractivity contribution in [2.45, 2.75) is 24.7 Å². The standard InChI is InChI=1S/C15H19ClN4O2S/c1-11(12-5-3-4-6-13(12)16)18-14(21)9-23-15-19-17-10-20(15)7-8-22-2/h3-6,10-11H,7-9H2,1-2H3,(H,18,21). The molecule has 1 N–H and O–H groups in total. The summed E-state index contributed by atoms with van der Waals surface area (Å²) in [6.07, 6.45) is 1.63. The molecule has 1 unspecified atom stereocenters. The molecule has 2 rings (SSSR count). The first-order chi connectivity index (χ1) is 11.1. The van der Waals surface area contributed by atoms with Crippen LogP contribution in [0.2, 0.25) is 5.02 Å². The van der Waals surface area contributed by atoms with Gasteiger partial charge in [-0.15, -0.1) is 10.2 Å². The quantitative estimate of drug-likeness (QED) is 0.738. The Morgan fingerprint density at radius 1 is 1.48 bits per heavy atom. The summed E-state index contributed by atoms with van der Waals surface area (Å²) in [4.78, 5) is 12.1. The van der Waals surface area contributed by atoms with E-state index < -0.39 is 0 Å². The summed E-state index contributed by atoms with van der Waals surface area (Å²) in [6.45, 7) is 3.13. The fraction of sp³-hybridized carbons (Fsp3) is 0.400. The number of carbonyl (C=O) groups excluding carboxylic acids is 1. The molecule has 0 saturated carbocycles. The minimum absolute atomic E-state index is 0.0799. The number of thioether (sulfide) groups is 1. The molecule has 124 valence electrons. The lowest BCUT2D eigenvalue weighted by atomic mass is 10.1. The van der Waals surface area contributed by atoms with Gasteiger partial charge in [0.05, 0.1) is 18.4 Å². The first kappa shape index (κ1) is 17.8. The fourth-order valence-electron chi connectivity index (χ4n) is 2.02. The molecule has 0 fully saturated rings. The average Bonchev–Trinajstić information content (AvgIpc) is 2.98. The highest BCUT2D eigenvalue weighted by atomic mass is 35.5. The second-order valence-corrected chi connectivity index (χ2v) is 6.25. The monoisotopic (exact) mass is 354 g/mol. The Balaban J connectivity index is 1.86. The highest BCUT2D eigenvalue weighted by Gasteiger charge is 2.14. The largest absolute Gasteiger partial charge is 0.383 e. The van der Waals surface area contributed by atoms with Gasteiger partial charge in [0.1, 0.15) is 6.33 Å². The van der Waals surface area contributed by atoms with E-state index in [1.807, 2.05) is 35.8 Å². The van der Waals surface area contributed by atoms with Gasteiger partial charge in [-0.1, -0.05) is 41.6 Å². The third-order valence-corrected chi connectivity index (χ3v) is 4.52. The van der Waals surface area contributed by atoms with Gasteiger partial charge in [0, 0.05) is 18.7 Å². The number of hydrogen-bond donors (Lipinski definition) is 1. The Hall–Kier alpha value is -1.57. The molecule has 1 aromatic heterocycles. The molecule has 1 heterocycles. The van der Waals surface area contributed by atoms with E-state index in [1.165, 1.54) is 11.8 Å². The van der Waals surface area contributed by atoms with Crippen LogP contribution in [0.4, 0.5) is 0 Å². The number of amides is 1. The minimum Gasteiger partial charge on any atom is -0.383 e. The van der Waals surface area contributed by atoms with Crippen LogP contribution < -0.4 is 5.32 Å². The molecule has 1 atom stereocenters. The lowest BCUT2D eigenvalue weighted by Crippen LogP contribution is -2.28. The summed E-state index contributed by atoms with van der Waals surface area (Å²) in [5, 5.41) is 12.2. The van der Waals surface area contributed by atoms with Crippen molar-refractivity contribution in [3.8, 4) is 0 Å². The van der Waals surface area contributed by atoms with Gasteiger partial charge in [-0.05, 0) is 18.6 Å². The van der Waals surface area contributed by atoms with Gasteiger partial charge in [0.2, 0.25) is 5.91 Å². The maximum atomic E-state index is 12.1. The van der Waals surface area contributed by atoms with Gasteiger partial charge < -0.3 is 14.6 Å². The summed E-state index contributed by atoms with van der Waals surface area (Å²) < 4.78 is 6.89. The van der Waals surface area contributed by atoms with E-state index in [2.05, 4.69) is 15.5 Å². The molecule has 0 spiro atoms. The lowest BCUT2D eigenvalue weighted by molar-refractivity contribution is -0.119. The van der Waals surface area contributed by atoms with Crippen LogP contribution >= 0.6 is 23.4 Å². The number of hydrogen-bond acceptors (Lipinski definition) is 5. The van der Waals surface area contributed by atoms with Crippen LogP contribution in [0.3, 0.4) is 0 Å². The molecule has 6 nitrogen and oxygen atoms in total. The van der Waals surface area contributed by atoms with E-state index in [1.54, 1.807) is 13.4 Å². The molecular weight excluding hydrogens is 336 g/mol. The molecule has 8 heteroatoms. The van der Waals surface area contributed by atoms with Crippen LogP contribution in [0.1, 0.15) is 18.5 Å². The Morgan fingerprint density at radius 3 is 3.00 bits per heavy atom. The summed E-state index contributed by atoms with van der Waals surface area (Å²) in [5.74, 6) is 0.184. The van der Waals surface area contributed by atoms with Crippen molar-refractivity contribution in [1.82, 2.24) is 20.1 Å². The topological polar surface area (TPSA) is 69.0 Å². The number of rotatable bonds is 8. The minimum atomic E-state index is -0.150. The molecule has 0 radical (unpaired) electrons. The van der Waals surface area contributed by atoms with Crippen molar-refractivity contribution in [2.24, 2.45) is 0 Å². The van der Waals surface area contributed by atoms with Crippen molar-refractivity contribution in [3.63, 3.8) is 0 Å². The number of nitrogens with zero attached hydrogens (tertiary/aromatic N) is 3. The van der Waals surface area contributed by atoms with Crippen LogP contribution in [0, 0.1) is 0 Å². The van der Waals surface area contributed by atoms with Crippen LogP contribution in [-0.2, 0) is 16.1 Å². The number of carbonyl (C=O) groups is 1. The lowest BCUT2D eigenvalue weighted by Gasteiger charge is -2.15. The van der Waals surface area contributed by atoms with Gasteiger partial charge in [-0.3, -0.25) is 4.79 Å². The van der Waals surface area contributed by atoms with E-state index in [9.17, 15) is 4.79 Å². The zero-order chi connectivity index (χ0) is 16.7. The number of ether oxygens (including phenoxy) is 1. The maximum Gasteiger partial charge on any atom is 0.230 e. The van der Waals surface area contributed by atoms with Crippen LogP contribution in [0.15, 0.2) is 35.7 Å². The van der Waals surface area contributed by atoms with Crippen molar-refractivity contribution < 1.29 is 9.53 Å². The first-order valence-corrected chi connectivity index (χ1v) is 8.51. The zero-order valence-corrected chi connectivity index (χ0v) is 14.6. The smallest absolute Gasteiger partial charge is 0.230 e. The summed E-state index contributed by atoms with van der Waals surface area (Å²) >= 11 is 7.48. The highest BCUT2D eigenvalue weighted by molar-refractivity contribution is 7.99. The second kappa shape index (κ2) is 8.90. The van der Waals surface area contributed by atoms with Gasteiger partial charge in [0.15, 0.2) is 5.16 Å². The second-order valence-electron chi connectivity index (χ2n) is 4.90. The summed E-state index contributed by atoms with van der Waals surface area (Å²) in [7, 11) is 1.64. The molecule has 0 aliphatic carbocycles. The summed E-state index contributed by atoms with van der Waals surface area (Å²) in [5.41, 5.74) is 0.899. The highest BCUT2D eigenvalue weighted by Crippen LogP contribution is 2.22. The Morgan fingerprint density at radius 2 is 2.26 bits per heavy atom. The van der Waals surface area contributed by atoms with Crippen molar-refractivity contribution in [1.29, 1.82) is 0 Å². The number of aromatic nitrogens is 3. The zero-order valence-electron chi connectivity index (χ0n) is 13.0. The van der Waals surface area contributed by atoms with E-state index in [4.69, 9.17) is 16.3 Å². The number of benzene rings is 1. The van der Waals surface area contributed by atoms with Crippen molar-refractivity contribution >= 4 is 29.3 Å². The van der Waals surface area contributed by atoms with Crippen LogP contribution in [-0.4, -0.2) is 40.1 Å². The third-order valence-electron chi connectivity index (χ3n) is 3.20. The number of nitrogens with one attached hydrogen (secondary N) is 1. The fourth-order valence-corrected chi connectivity index (χ4v) is 3.07. The van der Waals surface area contributed by atoms with E-state index in [0.29, 0.717) is 23.3 Å². The summed E-state index contributed by atoms with van der Waals surface area (Å²) in [6, 6.07) is 7.33. The molecule has 0 saturated heterocycles. The average molecular weight is 355 g/mol. The van der Waals surface area contributed by atoms with Crippen LogP contribution in [0.25, 0.3) is 0 Å². The Labute approximate surface area is 144 Å². The first-order valence-electron chi connectivity index (χ1n) is 7.15. The molecule has 0 bridgehead atoms. The third kappa shape index (κ3) is 5.23. The molecule has 1 aromatic carbocycles. The van der Waals surface area contributed by atoms with Gasteiger partial charge in [0.25, 0.3) is 0 Å². The predicted octanol–water partition coefficient (Wildman–Crippen LogP) is 2.55. The van der Waals surface area contributed by atoms with E-state index >= 15 is 0 Å². The SMILES string of the molecule is COCCn1cnnc1SCC(=O)NC(C)c1ccccc1Cl. The molecule has 2 aromatic rings. The van der Waals surface area contributed by atoms with Crippen molar-refractivity contribution in [3.05, 3.63) is 41.2 Å². The van der Waals surface area contributed by atoms with Gasteiger partial charge in [-0.25, -0.2) is 0 Å². The van der Waals surface area contributed by atoms with Crippen molar-refractivity contribution in [2.75, 3.05) is 19.5 Å². The molecule has 23 heavy (non-hydrogen) atoms. The van der Waals surface area contributed by atoms with E-state index in [0.717, 1.165) is 5.56 Å². The Kier molecular flexibility index (Phi) is 6.88. The maximum absolute atomic E-state index is 12.1. The van der Waals surface area contributed by atoms with Gasteiger partial charge >= 0.3 is 0 Å². The van der Waals surface area contributed by atoms with E-state index in [-0.39, 0.29) is 17.7 Å². The van der Waals surface area contributed by atoms with Gasteiger partial charge in [-0.2, -0.15) is 0 Å². The molecular formula is C15H19ClN4O2S. The number of halogens is 1. The number of methoxy groups -OCH3 is 1. The predicted molar refractivity (Wildman–Crippen MR) is 90.6 cm³/mol. The Bertz CT molecular complexity index is 650. The van der Waals surface area contributed by atoms with Crippen LogP contribution in [0.5, 0.6) is 0 Å².